The Bertz CT molecular complexity index is 830. The number of aromatic nitrogens is 2. The number of aromatic amines is 1. The number of alkyl halides is 3. The molecule has 3 nitrogen and oxygen atoms in total. The maximum absolute atomic E-state index is 12.7. The molecule has 7 heteroatoms. The van der Waals surface area contributed by atoms with E-state index in [9.17, 15) is 13.2 Å². The molecule has 1 unspecified atom stereocenters. The summed E-state index contributed by atoms with van der Waals surface area (Å²) in [5.41, 5.74) is 0.259. The van der Waals surface area contributed by atoms with Crippen LogP contribution < -0.4 is 0 Å². The maximum atomic E-state index is 12.7. The van der Waals surface area contributed by atoms with Crippen LogP contribution in [0.3, 0.4) is 0 Å². The van der Waals surface area contributed by atoms with E-state index in [1.807, 2.05) is 6.92 Å². The van der Waals surface area contributed by atoms with Crippen molar-refractivity contribution in [2.75, 3.05) is 0 Å². The highest BCUT2D eigenvalue weighted by atomic mass is 32.1. The van der Waals surface area contributed by atoms with Crippen molar-refractivity contribution in [1.29, 1.82) is 0 Å². The van der Waals surface area contributed by atoms with Crippen molar-refractivity contribution >= 4 is 23.3 Å². The molecule has 1 N–H and O–H groups in total. The Morgan fingerprint density at radius 2 is 2.05 bits per heavy atom. The molecule has 2 heterocycles. The van der Waals surface area contributed by atoms with Gasteiger partial charge in [-0.1, -0.05) is 0 Å². The average molecular weight is 312 g/mol. The second kappa shape index (κ2) is 4.77. The van der Waals surface area contributed by atoms with Crippen molar-refractivity contribution in [2.24, 2.45) is 0 Å². The number of fused-ring (bicyclic) bond motifs is 1. The first-order chi connectivity index (χ1) is 9.88. The van der Waals surface area contributed by atoms with Gasteiger partial charge in [-0.3, -0.25) is 0 Å². The lowest BCUT2D eigenvalue weighted by Crippen LogP contribution is -2.07. The van der Waals surface area contributed by atoms with Crippen LogP contribution in [0.4, 0.5) is 13.2 Å². The van der Waals surface area contributed by atoms with E-state index in [0.717, 1.165) is 12.1 Å². The van der Waals surface area contributed by atoms with E-state index in [4.69, 9.17) is 16.6 Å². The summed E-state index contributed by atoms with van der Waals surface area (Å²) >= 11 is 5.22. The number of nitrogens with one attached hydrogen (secondary N) is 1. The zero-order chi connectivity index (χ0) is 15.2. The first-order valence-corrected chi connectivity index (χ1v) is 6.63. The summed E-state index contributed by atoms with van der Waals surface area (Å²) < 4.78 is 45.7. The topological polar surface area (TPSA) is 33.9 Å². The number of nitrogens with zero attached hydrogens (tertiary/aromatic N) is 1. The van der Waals surface area contributed by atoms with Crippen molar-refractivity contribution in [3.05, 3.63) is 52.7 Å². The van der Waals surface area contributed by atoms with E-state index in [1.165, 1.54) is 6.07 Å². The molecule has 3 rings (SSSR count). The third-order valence-electron chi connectivity index (χ3n) is 3.39. The third-order valence-corrected chi connectivity index (χ3v) is 3.68. The van der Waals surface area contributed by atoms with Gasteiger partial charge in [0.05, 0.1) is 28.9 Å². The lowest BCUT2D eigenvalue weighted by Gasteiger charge is -2.12. The lowest BCUT2D eigenvalue weighted by atomic mass is 10.2. The Balaban J connectivity index is 2.17. The summed E-state index contributed by atoms with van der Waals surface area (Å²) in [6, 6.07) is 6.89. The van der Waals surface area contributed by atoms with Crippen LogP contribution in [0.2, 0.25) is 0 Å². The predicted molar refractivity (Wildman–Crippen MR) is 74.6 cm³/mol. The van der Waals surface area contributed by atoms with Crippen molar-refractivity contribution in [3.63, 3.8) is 0 Å². The number of furan rings is 1. The second-order valence-electron chi connectivity index (χ2n) is 4.72. The van der Waals surface area contributed by atoms with Crippen LogP contribution in [-0.2, 0) is 6.18 Å². The van der Waals surface area contributed by atoms with Crippen LogP contribution in [-0.4, -0.2) is 9.55 Å². The van der Waals surface area contributed by atoms with Crippen molar-refractivity contribution < 1.29 is 17.6 Å². The minimum Gasteiger partial charge on any atom is -0.467 e. The summed E-state index contributed by atoms with van der Waals surface area (Å²) in [5.74, 6) is 0.687. The standard InChI is InChI=1S/C14H11F3N2OS/c1-8(12-3-2-6-20-12)19-11-5-4-9(14(15,16)17)7-10(11)18-13(19)21/h2-8H,1H3,(H,18,21). The minimum absolute atomic E-state index is 0.210. The van der Waals surface area contributed by atoms with E-state index < -0.39 is 11.7 Å². The van der Waals surface area contributed by atoms with Gasteiger partial charge < -0.3 is 14.0 Å². The number of rotatable bonds is 2. The van der Waals surface area contributed by atoms with Crippen LogP contribution in [0.5, 0.6) is 0 Å². The Kier molecular flexibility index (Phi) is 3.16. The van der Waals surface area contributed by atoms with Gasteiger partial charge in [0.1, 0.15) is 5.76 Å². The second-order valence-corrected chi connectivity index (χ2v) is 5.11. The van der Waals surface area contributed by atoms with Gasteiger partial charge in [0.2, 0.25) is 0 Å². The Morgan fingerprint density at radius 1 is 1.29 bits per heavy atom. The zero-order valence-corrected chi connectivity index (χ0v) is 11.8. The molecule has 2 aromatic heterocycles. The largest absolute Gasteiger partial charge is 0.467 e. The Hall–Kier alpha value is -2.02. The molecule has 1 aromatic carbocycles. The molecule has 21 heavy (non-hydrogen) atoms. The number of imidazole rings is 1. The molecule has 0 radical (unpaired) electrons. The molecule has 0 amide bonds. The fourth-order valence-corrected chi connectivity index (χ4v) is 2.71. The quantitative estimate of drug-likeness (QED) is 0.681. The number of halogens is 3. The van der Waals surface area contributed by atoms with E-state index in [0.29, 0.717) is 21.6 Å². The summed E-state index contributed by atoms with van der Waals surface area (Å²) in [4.78, 5) is 2.82. The minimum atomic E-state index is -4.38. The summed E-state index contributed by atoms with van der Waals surface area (Å²) in [6.45, 7) is 1.87. The summed E-state index contributed by atoms with van der Waals surface area (Å²) in [6.07, 6.45) is -2.83. The first-order valence-electron chi connectivity index (χ1n) is 6.23. The normalized spacial score (nSPS) is 13.7. The SMILES string of the molecule is CC(c1ccco1)n1c(=S)[nH]c2cc(C(F)(F)F)ccc21. The highest BCUT2D eigenvalue weighted by Crippen LogP contribution is 2.32. The van der Waals surface area contributed by atoms with Gasteiger partial charge in [0.15, 0.2) is 4.77 Å². The van der Waals surface area contributed by atoms with Gasteiger partial charge in [-0.15, -0.1) is 0 Å². The van der Waals surface area contributed by atoms with Gasteiger partial charge in [0.25, 0.3) is 0 Å². The van der Waals surface area contributed by atoms with Gasteiger partial charge in [-0.25, -0.2) is 0 Å². The molecule has 0 aliphatic heterocycles. The zero-order valence-electron chi connectivity index (χ0n) is 10.9. The van der Waals surface area contributed by atoms with Gasteiger partial charge in [-0.2, -0.15) is 13.2 Å². The smallest absolute Gasteiger partial charge is 0.416 e. The number of H-pyrrole nitrogens is 1. The third kappa shape index (κ3) is 2.37. The number of hydrogen-bond acceptors (Lipinski definition) is 2. The molecule has 0 saturated carbocycles. The molecule has 110 valence electrons. The van der Waals surface area contributed by atoms with Crippen molar-refractivity contribution in [3.8, 4) is 0 Å². The Labute approximate surface area is 123 Å². The first kappa shape index (κ1) is 13.9. The number of hydrogen-bond donors (Lipinski definition) is 1. The van der Waals surface area contributed by atoms with E-state index in [1.54, 1.807) is 23.0 Å². The molecule has 3 aromatic rings. The lowest BCUT2D eigenvalue weighted by molar-refractivity contribution is -0.137. The van der Waals surface area contributed by atoms with Crippen molar-refractivity contribution in [2.45, 2.75) is 19.1 Å². The monoisotopic (exact) mass is 312 g/mol. The summed E-state index contributed by atoms with van der Waals surface area (Å²) in [7, 11) is 0. The molecule has 0 bridgehead atoms. The molecular weight excluding hydrogens is 301 g/mol. The highest BCUT2D eigenvalue weighted by molar-refractivity contribution is 7.71. The predicted octanol–water partition coefficient (Wildman–Crippen LogP) is 4.92. The molecular formula is C14H11F3N2OS. The van der Waals surface area contributed by atoms with E-state index in [-0.39, 0.29) is 6.04 Å². The molecule has 0 aliphatic rings. The fourth-order valence-electron chi connectivity index (χ4n) is 2.35. The Morgan fingerprint density at radius 3 is 2.67 bits per heavy atom. The van der Waals surface area contributed by atoms with Crippen LogP contribution in [0.25, 0.3) is 11.0 Å². The van der Waals surface area contributed by atoms with Crippen LogP contribution in [0.1, 0.15) is 24.3 Å². The molecule has 0 fully saturated rings. The van der Waals surface area contributed by atoms with E-state index in [2.05, 4.69) is 4.98 Å². The molecule has 0 aliphatic carbocycles. The summed E-state index contributed by atoms with van der Waals surface area (Å²) in [5, 5.41) is 0. The van der Waals surface area contributed by atoms with E-state index >= 15 is 0 Å². The maximum Gasteiger partial charge on any atom is 0.416 e. The molecule has 0 saturated heterocycles. The van der Waals surface area contributed by atoms with Gasteiger partial charge in [-0.05, 0) is 49.5 Å². The highest BCUT2D eigenvalue weighted by Gasteiger charge is 2.31. The van der Waals surface area contributed by atoms with Crippen LogP contribution in [0, 0.1) is 4.77 Å². The van der Waals surface area contributed by atoms with Gasteiger partial charge >= 0.3 is 6.18 Å². The average Bonchev–Trinajstić information content (AvgIpc) is 3.02. The molecule has 0 spiro atoms. The fraction of sp³-hybridized carbons (Fsp3) is 0.214. The van der Waals surface area contributed by atoms with Gasteiger partial charge in [0, 0.05) is 0 Å². The molecule has 1 atom stereocenters. The van der Waals surface area contributed by atoms with Crippen LogP contribution in [0.15, 0.2) is 41.0 Å². The van der Waals surface area contributed by atoms with Crippen molar-refractivity contribution in [1.82, 2.24) is 9.55 Å². The number of benzene rings is 1. The van der Waals surface area contributed by atoms with Crippen LogP contribution >= 0.6 is 12.2 Å².